The molecule has 1 unspecified atom stereocenters. The molecule has 5 nitrogen and oxygen atoms in total. The lowest BCUT2D eigenvalue weighted by atomic mass is 10.1. The van der Waals surface area contributed by atoms with E-state index in [4.69, 9.17) is 0 Å². The summed E-state index contributed by atoms with van der Waals surface area (Å²) in [6.07, 6.45) is -1.12. The van der Waals surface area contributed by atoms with E-state index in [1.165, 1.54) is 12.1 Å². The molecule has 128 valence electrons. The van der Waals surface area contributed by atoms with Gasteiger partial charge in [0.1, 0.15) is 5.82 Å². The summed E-state index contributed by atoms with van der Waals surface area (Å²) in [6, 6.07) is 17.1. The number of halogens is 1. The average molecular weight is 339 g/mol. The minimum Gasteiger partial charge on any atom is -0.386 e. The van der Waals surface area contributed by atoms with Gasteiger partial charge in [-0.1, -0.05) is 36.4 Å². The number of rotatable bonds is 5. The summed E-state index contributed by atoms with van der Waals surface area (Å²) in [4.78, 5) is 12.3. The molecule has 0 aliphatic rings. The highest BCUT2D eigenvalue weighted by atomic mass is 19.1. The van der Waals surface area contributed by atoms with Crippen molar-refractivity contribution >= 4 is 5.91 Å². The molecule has 2 aromatic carbocycles. The van der Waals surface area contributed by atoms with E-state index in [9.17, 15) is 14.3 Å². The van der Waals surface area contributed by atoms with Crippen LogP contribution < -0.4 is 5.32 Å². The predicted octanol–water partition coefficient (Wildman–Crippen LogP) is 2.78. The van der Waals surface area contributed by atoms with Gasteiger partial charge in [-0.25, -0.2) is 9.07 Å². The Kier molecular flexibility index (Phi) is 4.90. The van der Waals surface area contributed by atoms with Crippen LogP contribution in [0.3, 0.4) is 0 Å². The zero-order chi connectivity index (χ0) is 17.8. The van der Waals surface area contributed by atoms with Crippen LogP contribution >= 0.6 is 0 Å². The molecule has 2 N–H and O–H groups in total. The maximum absolute atomic E-state index is 13.6. The summed E-state index contributed by atoms with van der Waals surface area (Å²) in [7, 11) is 0. The minimum atomic E-state index is -1.12. The normalized spacial score (nSPS) is 12.0. The fourth-order valence-electron chi connectivity index (χ4n) is 2.55. The topological polar surface area (TPSA) is 67.2 Å². The molecule has 3 rings (SSSR count). The van der Waals surface area contributed by atoms with Crippen LogP contribution in [0.1, 0.15) is 27.8 Å². The minimum absolute atomic E-state index is 0.100. The van der Waals surface area contributed by atoms with Crippen molar-refractivity contribution in [2.75, 3.05) is 6.54 Å². The number of hydrogen-bond acceptors (Lipinski definition) is 3. The van der Waals surface area contributed by atoms with Crippen molar-refractivity contribution in [3.05, 3.63) is 83.4 Å². The Labute approximate surface area is 144 Å². The Hall–Kier alpha value is -2.99. The van der Waals surface area contributed by atoms with Crippen LogP contribution in [0.25, 0.3) is 5.69 Å². The molecule has 0 saturated carbocycles. The smallest absolute Gasteiger partial charge is 0.271 e. The number of carbonyl (C=O) groups excluding carboxylic acids is 1. The highest BCUT2D eigenvalue weighted by Gasteiger charge is 2.16. The highest BCUT2D eigenvalue weighted by molar-refractivity contribution is 5.92. The molecule has 1 amide bonds. The number of nitrogens with one attached hydrogen (secondary N) is 1. The number of aliphatic hydroxyl groups is 1. The first-order valence-corrected chi connectivity index (χ1v) is 7.89. The summed E-state index contributed by atoms with van der Waals surface area (Å²) < 4.78 is 15.3. The largest absolute Gasteiger partial charge is 0.386 e. The summed E-state index contributed by atoms with van der Waals surface area (Å²) in [5, 5.41) is 16.9. The average Bonchev–Trinajstić information content (AvgIpc) is 3.02. The molecule has 0 fully saturated rings. The summed E-state index contributed by atoms with van der Waals surface area (Å²) in [5.74, 6) is -0.929. The van der Waals surface area contributed by atoms with E-state index in [1.807, 2.05) is 37.3 Å². The third-order valence-electron chi connectivity index (χ3n) is 3.84. The molecule has 0 spiro atoms. The van der Waals surface area contributed by atoms with Crippen LogP contribution in [0.4, 0.5) is 4.39 Å². The molecule has 1 atom stereocenters. The molecular formula is C19H18FN3O2. The zero-order valence-electron chi connectivity index (χ0n) is 13.7. The monoisotopic (exact) mass is 339 g/mol. The number of amides is 1. The van der Waals surface area contributed by atoms with Crippen LogP contribution in [-0.4, -0.2) is 27.3 Å². The standard InChI is InChI=1S/C19H18FN3O2/c1-13-11-17(22-23(13)14-7-3-2-4-8-14)19(25)21-12-18(24)15-9-5-6-10-16(15)20/h2-11,18,24H,12H2,1H3,(H,21,25). The number of aliphatic hydroxyl groups excluding tert-OH is 1. The lowest BCUT2D eigenvalue weighted by Gasteiger charge is -2.12. The number of carbonyl (C=O) groups is 1. The van der Waals surface area contributed by atoms with Gasteiger partial charge in [0.2, 0.25) is 0 Å². The Morgan fingerprint density at radius 2 is 1.88 bits per heavy atom. The van der Waals surface area contributed by atoms with Crippen molar-refractivity contribution in [1.29, 1.82) is 0 Å². The van der Waals surface area contributed by atoms with Crippen LogP contribution in [0.5, 0.6) is 0 Å². The third-order valence-corrected chi connectivity index (χ3v) is 3.84. The lowest BCUT2D eigenvalue weighted by Crippen LogP contribution is -2.29. The number of hydrogen-bond donors (Lipinski definition) is 2. The van der Waals surface area contributed by atoms with Gasteiger partial charge < -0.3 is 10.4 Å². The van der Waals surface area contributed by atoms with Crippen molar-refractivity contribution in [1.82, 2.24) is 15.1 Å². The maximum Gasteiger partial charge on any atom is 0.271 e. The molecule has 0 saturated heterocycles. The van der Waals surface area contributed by atoms with E-state index in [2.05, 4.69) is 10.4 Å². The molecule has 6 heteroatoms. The number of nitrogens with zero attached hydrogens (tertiary/aromatic N) is 2. The Morgan fingerprint density at radius 1 is 1.20 bits per heavy atom. The fourth-order valence-corrected chi connectivity index (χ4v) is 2.55. The first-order chi connectivity index (χ1) is 12.1. The number of aromatic nitrogens is 2. The molecule has 0 aliphatic heterocycles. The highest BCUT2D eigenvalue weighted by Crippen LogP contribution is 2.16. The second-order valence-electron chi connectivity index (χ2n) is 5.67. The van der Waals surface area contributed by atoms with Gasteiger partial charge in [-0.15, -0.1) is 0 Å². The van der Waals surface area contributed by atoms with E-state index in [0.717, 1.165) is 11.4 Å². The summed E-state index contributed by atoms with van der Waals surface area (Å²) in [5.41, 5.74) is 2.05. The Balaban J connectivity index is 1.69. The molecule has 1 aromatic heterocycles. The van der Waals surface area contributed by atoms with Gasteiger partial charge >= 0.3 is 0 Å². The zero-order valence-corrected chi connectivity index (χ0v) is 13.7. The quantitative estimate of drug-likeness (QED) is 0.751. The van der Waals surface area contributed by atoms with Gasteiger partial charge in [0.25, 0.3) is 5.91 Å². The van der Waals surface area contributed by atoms with Gasteiger partial charge in [-0.3, -0.25) is 4.79 Å². The first kappa shape index (κ1) is 16.9. The second kappa shape index (κ2) is 7.27. The van der Waals surface area contributed by atoms with Crippen LogP contribution in [0.15, 0.2) is 60.7 Å². The Morgan fingerprint density at radius 3 is 2.60 bits per heavy atom. The van der Waals surface area contributed by atoms with Crippen molar-refractivity contribution in [3.63, 3.8) is 0 Å². The van der Waals surface area contributed by atoms with Gasteiger partial charge in [0, 0.05) is 17.8 Å². The molecule has 0 aliphatic carbocycles. The van der Waals surface area contributed by atoms with E-state index in [0.29, 0.717) is 0 Å². The van der Waals surface area contributed by atoms with E-state index in [-0.39, 0.29) is 17.8 Å². The maximum atomic E-state index is 13.6. The van der Waals surface area contributed by atoms with Crippen molar-refractivity contribution < 1.29 is 14.3 Å². The van der Waals surface area contributed by atoms with Crippen LogP contribution in [-0.2, 0) is 0 Å². The predicted molar refractivity (Wildman–Crippen MR) is 92.0 cm³/mol. The van der Waals surface area contributed by atoms with Crippen LogP contribution in [0, 0.1) is 12.7 Å². The van der Waals surface area contributed by atoms with Gasteiger partial charge in [-0.2, -0.15) is 5.10 Å². The first-order valence-electron chi connectivity index (χ1n) is 7.89. The van der Waals surface area contributed by atoms with E-state index >= 15 is 0 Å². The summed E-state index contributed by atoms with van der Waals surface area (Å²) >= 11 is 0. The molecule has 0 radical (unpaired) electrons. The second-order valence-corrected chi connectivity index (χ2v) is 5.67. The molecule has 25 heavy (non-hydrogen) atoms. The lowest BCUT2D eigenvalue weighted by molar-refractivity contribution is 0.0908. The van der Waals surface area contributed by atoms with E-state index in [1.54, 1.807) is 22.9 Å². The fraction of sp³-hybridized carbons (Fsp3) is 0.158. The molecular weight excluding hydrogens is 321 g/mol. The van der Waals surface area contributed by atoms with Gasteiger partial charge in [0.15, 0.2) is 5.69 Å². The van der Waals surface area contributed by atoms with E-state index < -0.39 is 17.8 Å². The third kappa shape index (κ3) is 3.75. The van der Waals surface area contributed by atoms with Gasteiger partial charge in [-0.05, 0) is 31.2 Å². The Bertz CT molecular complexity index is 877. The summed E-state index contributed by atoms with van der Waals surface area (Å²) in [6.45, 7) is 1.75. The van der Waals surface area contributed by atoms with Crippen molar-refractivity contribution in [2.24, 2.45) is 0 Å². The number of aryl methyl sites for hydroxylation is 1. The molecule has 1 heterocycles. The van der Waals surface area contributed by atoms with Crippen molar-refractivity contribution in [2.45, 2.75) is 13.0 Å². The van der Waals surface area contributed by atoms with Crippen molar-refractivity contribution in [3.8, 4) is 5.69 Å². The number of benzene rings is 2. The molecule has 3 aromatic rings. The SMILES string of the molecule is Cc1cc(C(=O)NCC(O)c2ccccc2F)nn1-c1ccccc1. The molecule has 0 bridgehead atoms. The number of para-hydroxylation sites is 1. The van der Waals surface area contributed by atoms with Gasteiger partial charge in [0.05, 0.1) is 11.8 Å². The van der Waals surface area contributed by atoms with Crippen LogP contribution in [0.2, 0.25) is 0 Å².